The highest BCUT2D eigenvalue weighted by Crippen LogP contribution is 2.21. The predicted molar refractivity (Wildman–Crippen MR) is 79.2 cm³/mol. The van der Waals surface area contributed by atoms with Crippen molar-refractivity contribution in [1.82, 2.24) is 14.8 Å². The number of pyridine rings is 1. The van der Waals surface area contributed by atoms with Gasteiger partial charge in [-0.25, -0.2) is 9.07 Å². The number of aromatic amines is 1. The van der Waals surface area contributed by atoms with Crippen LogP contribution in [0.25, 0.3) is 27.5 Å². The Hall–Kier alpha value is -2.95. The van der Waals surface area contributed by atoms with E-state index in [1.54, 1.807) is 23.0 Å². The molecule has 21 heavy (non-hydrogen) atoms. The van der Waals surface area contributed by atoms with Gasteiger partial charge in [-0.05, 0) is 30.3 Å². The molecule has 1 N–H and O–H groups in total. The average molecular weight is 279 g/mol. The first kappa shape index (κ1) is 11.8. The van der Waals surface area contributed by atoms with Gasteiger partial charge in [0, 0.05) is 22.5 Å². The molecule has 5 heteroatoms. The van der Waals surface area contributed by atoms with Crippen molar-refractivity contribution in [1.29, 1.82) is 0 Å². The van der Waals surface area contributed by atoms with Crippen LogP contribution in [0.5, 0.6) is 0 Å². The molecule has 2 heterocycles. The normalized spacial score (nSPS) is 11.3. The average Bonchev–Trinajstić information content (AvgIpc) is 2.94. The molecule has 0 saturated heterocycles. The van der Waals surface area contributed by atoms with Crippen molar-refractivity contribution in [2.24, 2.45) is 0 Å². The van der Waals surface area contributed by atoms with E-state index < -0.39 is 0 Å². The first-order valence-electron chi connectivity index (χ1n) is 6.49. The van der Waals surface area contributed by atoms with E-state index in [9.17, 15) is 9.18 Å². The Balaban J connectivity index is 2.05. The van der Waals surface area contributed by atoms with Crippen LogP contribution in [0.4, 0.5) is 4.39 Å². The summed E-state index contributed by atoms with van der Waals surface area (Å²) in [5.74, 6) is -0.307. The SMILES string of the molecule is O=c1[nH]c2ccccc2c2cn(-c3ccc(F)cc3)nc12. The van der Waals surface area contributed by atoms with Crippen LogP contribution in [0, 0.1) is 5.82 Å². The van der Waals surface area contributed by atoms with Gasteiger partial charge in [-0.2, -0.15) is 5.10 Å². The molecule has 0 atom stereocenters. The minimum absolute atomic E-state index is 0.232. The summed E-state index contributed by atoms with van der Waals surface area (Å²) in [5, 5.41) is 6.02. The molecular weight excluding hydrogens is 269 g/mol. The number of rotatable bonds is 1. The Labute approximate surface area is 118 Å². The maximum Gasteiger partial charge on any atom is 0.276 e. The van der Waals surface area contributed by atoms with Gasteiger partial charge in [0.15, 0.2) is 5.52 Å². The first-order valence-corrected chi connectivity index (χ1v) is 6.49. The number of aromatic nitrogens is 3. The smallest absolute Gasteiger partial charge is 0.276 e. The van der Waals surface area contributed by atoms with E-state index in [1.165, 1.54) is 12.1 Å². The Kier molecular flexibility index (Phi) is 2.41. The van der Waals surface area contributed by atoms with Crippen LogP contribution in [-0.2, 0) is 0 Å². The molecule has 0 aliphatic rings. The van der Waals surface area contributed by atoms with E-state index in [-0.39, 0.29) is 11.4 Å². The summed E-state index contributed by atoms with van der Waals surface area (Å²) in [5.41, 5.74) is 1.62. The predicted octanol–water partition coefficient (Wildman–Crippen LogP) is 3.01. The largest absolute Gasteiger partial charge is 0.320 e. The molecule has 0 saturated carbocycles. The van der Waals surface area contributed by atoms with Crippen molar-refractivity contribution in [3.8, 4) is 5.69 Å². The number of H-pyrrole nitrogens is 1. The number of benzene rings is 2. The second-order valence-corrected chi connectivity index (χ2v) is 4.81. The summed E-state index contributed by atoms with van der Waals surface area (Å²) in [7, 11) is 0. The quantitative estimate of drug-likeness (QED) is 0.582. The lowest BCUT2D eigenvalue weighted by molar-refractivity contribution is 0.627. The summed E-state index contributed by atoms with van der Waals surface area (Å²) in [6.07, 6.45) is 1.79. The minimum Gasteiger partial charge on any atom is -0.320 e. The number of nitrogens with zero attached hydrogens (tertiary/aromatic N) is 2. The fourth-order valence-electron chi connectivity index (χ4n) is 2.47. The molecule has 0 spiro atoms. The van der Waals surface area contributed by atoms with Gasteiger partial charge in [0.2, 0.25) is 0 Å². The fraction of sp³-hybridized carbons (Fsp3) is 0. The third kappa shape index (κ3) is 1.82. The van der Waals surface area contributed by atoms with Gasteiger partial charge >= 0.3 is 0 Å². The molecule has 0 bridgehead atoms. The summed E-state index contributed by atoms with van der Waals surface area (Å²) >= 11 is 0. The molecule has 0 fully saturated rings. The van der Waals surface area contributed by atoms with Gasteiger partial charge in [0.05, 0.1) is 5.69 Å². The Morgan fingerprint density at radius 2 is 1.76 bits per heavy atom. The van der Waals surface area contributed by atoms with E-state index in [2.05, 4.69) is 10.1 Å². The summed E-state index contributed by atoms with van der Waals surface area (Å²) in [6.45, 7) is 0. The van der Waals surface area contributed by atoms with Crippen LogP contribution in [0.3, 0.4) is 0 Å². The maximum absolute atomic E-state index is 13.0. The van der Waals surface area contributed by atoms with E-state index in [1.807, 2.05) is 24.3 Å². The molecule has 2 aromatic heterocycles. The van der Waals surface area contributed by atoms with Crippen LogP contribution in [-0.4, -0.2) is 14.8 Å². The second kappa shape index (κ2) is 4.28. The van der Waals surface area contributed by atoms with E-state index >= 15 is 0 Å². The fourth-order valence-corrected chi connectivity index (χ4v) is 2.47. The first-order chi connectivity index (χ1) is 10.2. The Bertz CT molecular complexity index is 1020. The van der Waals surface area contributed by atoms with Crippen molar-refractivity contribution >= 4 is 21.8 Å². The summed E-state index contributed by atoms with van der Waals surface area (Å²) < 4.78 is 14.6. The zero-order valence-electron chi connectivity index (χ0n) is 10.9. The number of halogens is 1. The molecular formula is C16H10FN3O. The molecule has 0 radical (unpaired) electrons. The standard InChI is InChI=1S/C16H10FN3O/c17-10-5-7-11(8-6-10)20-9-13-12-3-1-2-4-14(12)18-16(21)15(13)19-20/h1-9H,(H,18,21). The number of para-hydroxylation sites is 1. The highest BCUT2D eigenvalue weighted by molar-refractivity contribution is 6.03. The van der Waals surface area contributed by atoms with Crippen molar-refractivity contribution in [3.63, 3.8) is 0 Å². The molecule has 2 aromatic carbocycles. The molecule has 0 aliphatic carbocycles. The van der Waals surface area contributed by atoms with Crippen LogP contribution >= 0.6 is 0 Å². The molecule has 0 unspecified atom stereocenters. The maximum atomic E-state index is 13.0. The van der Waals surface area contributed by atoms with Gasteiger partial charge in [-0.1, -0.05) is 18.2 Å². The number of hydrogen-bond donors (Lipinski definition) is 1. The van der Waals surface area contributed by atoms with E-state index in [4.69, 9.17) is 0 Å². The molecule has 0 amide bonds. The molecule has 0 aliphatic heterocycles. The molecule has 102 valence electrons. The lowest BCUT2D eigenvalue weighted by Crippen LogP contribution is -2.06. The lowest BCUT2D eigenvalue weighted by Gasteiger charge is -1.99. The van der Waals surface area contributed by atoms with Crippen LogP contribution in [0.1, 0.15) is 0 Å². The van der Waals surface area contributed by atoms with Gasteiger partial charge in [0.1, 0.15) is 5.82 Å². The lowest BCUT2D eigenvalue weighted by atomic mass is 10.1. The van der Waals surface area contributed by atoms with Gasteiger partial charge in [-0.15, -0.1) is 0 Å². The van der Waals surface area contributed by atoms with Gasteiger partial charge in [-0.3, -0.25) is 4.79 Å². The van der Waals surface area contributed by atoms with E-state index in [0.29, 0.717) is 11.2 Å². The van der Waals surface area contributed by atoms with Crippen LogP contribution < -0.4 is 5.56 Å². The van der Waals surface area contributed by atoms with Gasteiger partial charge in [0.25, 0.3) is 5.56 Å². The van der Waals surface area contributed by atoms with Crippen molar-refractivity contribution in [2.45, 2.75) is 0 Å². The van der Waals surface area contributed by atoms with E-state index in [0.717, 1.165) is 16.3 Å². The highest BCUT2D eigenvalue weighted by atomic mass is 19.1. The number of fused-ring (bicyclic) bond motifs is 3. The molecule has 4 aromatic rings. The topological polar surface area (TPSA) is 50.7 Å². The van der Waals surface area contributed by atoms with Crippen LogP contribution in [0.15, 0.2) is 59.5 Å². The highest BCUT2D eigenvalue weighted by Gasteiger charge is 2.10. The number of nitrogens with one attached hydrogen (secondary N) is 1. The zero-order chi connectivity index (χ0) is 14.4. The number of hydrogen-bond acceptors (Lipinski definition) is 2. The third-order valence-corrected chi connectivity index (χ3v) is 3.49. The van der Waals surface area contributed by atoms with Crippen molar-refractivity contribution in [2.75, 3.05) is 0 Å². The molecule has 4 nitrogen and oxygen atoms in total. The third-order valence-electron chi connectivity index (χ3n) is 3.49. The monoisotopic (exact) mass is 279 g/mol. The zero-order valence-corrected chi connectivity index (χ0v) is 10.9. The van der Waals surface area contributed by atoms with Crippen molar-refractivity contribution in [3.05, 3.63) is 70.9 Å². The second-order valence-electron chi connectivity index (χ2n) is 4.81. The summed E-state index contributed by atoms with van der Waals surface area (Å²) in [4.78, 5) is 14.9. The van der Waals surface area contributed by atoms with Gasteiger partial charge < -0.3 is 4.98 Å². The minimum atomic E-state index is -0.307. The Morgan fingerprint density at radius 1 is 1.00 bits per heavy atom. The Morgan fingerprint density at radius 3 is 2.57 bits per heavy atom. The summed E-state index contributed by atoms with van der Waals surface area (Å²) in [6, 6.07) is 13.5. The van der Waals surface area contributed by atoms with Crippen molar-refractivity contribution < 1.29 is 4.39 Å². The van der Waals surface area contributed by atoms with Crippen LogP contribution in [0.2, 0.25) is 0 Å². The molecule has 4 rings (SSSR count).